The van der Waals surface area contributed by atoms with Gasteiger partial charge in [-0.2, -0.15) is 9.41 Å². The van der Waals surface area contributed by atoms with Gasteiger partial charge in [-0.15, -0.1) is 0 Å². The summed E-state index contributed by atoms with van der Waals surface area (Å²) in [6.45, 7) is -0.363. The number of amides is 1. The first-order valence-corrected chi connectivity index (χ1v) is 10.3. The van der Waals surface area contributed by atoms with E-state index in [4.69, 9.17) is 4.74 Å². The molecule has 7 nitrogen and oxygen atoms in total. The quantitative estimate of drug-likeness (QED) is 0.478. The van der Waals surface area contributed by atoms with E-state index in [9.17, 15) is 13.2 Å². The van der Waals surface area contributed by atoms with Gasteiger partial charge >= 0.3 is 0 Å². The molecule has 0 heterocycles. The number of nitrogens with zero attached hydrogens (tertiary/aromatic N) is 2. The van der Waals surface area contributed by atoms with Crippen LogP contribution in [0.1, 0.15) is 5.56 Å². The SMILES string of the molecule is COc1ccccc1/C=N\NC(=O)CN(C)S(=O)(=O)c1ccc2ccccc2c1. The molecule has 1 amide bonds. The lowest BCUT2D eigenvalue weighted by atomic mass is 10.1. The van der Waals surface area contributed by atoms with Crippen LogP contribution in [0.15, 0.2) is 76.7 Å². The number of nitrogens with one attached hydrogen (secondary N) is 1. The van der Waals surface area contributed by atoms with Crippen LogP contribution in [0.5, 0.6) is 5.75 Å². The maximum absolute atomic E-state index is 12.8. The number of hydrogen-bond acceptors (Lipinski definition) is 5. The molecule has 0 saturated carbocycles. The zero-order chi connectivity index (χ0) is 20.9. The van der Waals surface area contributed by atoms with E-state index in [0.717, 1.165) is 15.1 Å². The van der Waals surface area contributed by atoms with Crippen molar-refractivity contribution in [2.24, 2.45) is 5.10 Å². The topological polar surface area (TPSA) is 88.1 Å². The van der Waals surface area contributed by atoms with Crippen molar-refractivity contribution in [2.75, 3.05) is 20.7 Å². The fourth-order valence-corrected chi connectivity index (χ4v) is 3.94. The number of carbonyl (C=O) groups is 1. The minimum absolute atomic E-state index is 0.129. The molecule has 150 valence electrons. The zero-order valence-electron chi connectivity index (χ0n) is 16.1. The highest BCUT2D eigenvalue weighted by Crippen LogP contribution is 2.21. The summed E-state index contributed by atoms with van der Waals surface area (Å²) in [6.07, 6.45) is 1.44. The minimum Gasteiger partial charge on any atom is -0.496 e. The zero-order valence-corrected chi connectivity index (χ0v) is 16.9. The van der Waals surface area contributed by atoms with Crippen LogP contribution in [0.3, 0.4) is 0 Å². The molecule has 0 atom stereocenters. The second kappa shape index (κ2) is 8.85. The van der Waals surface area contributed by atoms with E-state index in [-0.39, 0.29) is 11.4 Å². The highest BCUT2D eigenvalue weighted by Gasteiger charge is 2.23. The molecule has 3 aromatic carbocycles. The molecule has 3 rings (SSSR count). The molecule has 0 aromatic heterocycles. The van der Waals surface area contributed by atoms with Crippen molar-refractivity contribution >= 4 is 32.9 Å². The van der Waals surface area contributed by atoms with Gasteiger partial charge in [0, 0.05) is 12.6 Å². The Labute approximate surface area is 169 Å². The molecule has 0 radical (unpaired) electrons. The van der Waals surface area contributed by atoms with Crippen LogP contribution >= 0.6 is 0 Å². The van der Waals surface area contributed by atoms with Crippen LogP contribution in [-0.4, -0.2) is 45.5 Å². The second-order valence-corrected chi connectivity index (χ2v) is 8.35. The fourth-order valence-electron chi connectivity index (χ4n) is 2.78. The van der Waals surface area contributed by atoms with E-state index >= 15 is 0 Å². The number of carbonyl (C=O) groups excluding carboxylic acids is 1. The second-order valence-electron chi connectivity index (χ2n) is 6.31. The molecule has 0 saturated heterocycles. The number of methoxy groups -OCH3 is 1. The molecule has 0 spiro atoms. The highest BCUT2D eigenvalue weighted by molar-refractivity contribution is 7.89. The molecular formula is C21H21N3O4S. The van der Waals surface area contributed by atoms with Crippen molar-refractivity contribution in [3.63, 3.8) is 0 Å². The lowest BCUT2D eigenvalue weighted by molar-refractivity contribution is -0.121. The van der Waals surface area contributed by atoms with Gasteiger partial charge < -0.3 is 4.74 Å². The van der Waals surface area contributed by atoms with Crippen LogP contribution in [0.25, 0.3) is 10.8 Å². The van der Waals surface area contributed by atoms with Gasteiger partial charge in [0.1, 0.15) is 5.75 Å². The van der Waals surface area contributed by atoms with Crippen molar-refractivity contribution in [1.82, 2.24) is 9.73 Å². The summed E-state index contributed by atoms with van der Waals surface area (Å²) >= 11 is 0. The number of benzene rings is 3. The van der Waals surface area contributed by atoms with Crippen LogP contribution in [0.4, 0.5) is 0 Å². The van der Waals surface area contributed by atoms with Gasteiger partial charge in [-0.3, -0.25) is 4.79 Å². The Morgan fingerprint density at radius 1 is 1.07 bits per heavy atom. The molecule has 3 aromatic rings. The van der Waals surface area contributed by atoms with Gasteiger partial charge in [-0.1, -0.05) is 42.5 Å². The summed E-state index contributed by atoms with van der Waals surface area (Å²) in [4.78, 5) is 12.3. The monoisotopic (exact) mass is 411 g/mol. The van der Waals surface area contributed by atoms with Crippen molar-refractivity contribution in [2.45, 2.75) is 4.90 Å². The lowest BCUT2D eigenvalue weighted by Gasteiger charge is -2.16. The number of para-hydroxylation sites is 1. The number of likely N-dealkylation sites (N-methyl/N-ethyl adjacent to an activating group) is 1. The Bertz CT molecular complexity index is 1160. The van der Waals surface area contributed by atoms with Crippen molar-refractivity contribution in [3.8, 4) is 5.75 Å². The Morgan fingerprint density at radius 2 is 1.76 bits per heavy atom. The summed E-state index contributed by atoms with van der Waals surface area (Å²) in [6, 6.07) is 19.5. The van der Waals surface area contributed by atoms with Gasteiger partial charge in [0.2, 0.25) is 10.0 Å². The molecular weight excluding hydrogens is 390 g/mol. The normalized spacial score (nSPS) is 11.8. The maximum atomic E-state index is 12.8. The standard InChI is InChI=1S/C21H21N3O4S/c1-24(15-21(25)23-22-14-18-9-5-6-10-20(18)28-2)29(26,27)19-12-11-16-7-3-4-8-17(16)13-19/h3-14H,15H2,1-2H3,(H,23,25)/b22-14-. The van der Waals surface area contributed by atoms with E-state index in [1.165, 1.54) is 26.4 Å². The summed E-state index contributed by atoms with van der Waals surface area (Å²) in [5.74, 6) is 0.0597. The van der Waals surface area contributed by atoms with Crippen LogP contribution < -0.4 is 10.2 Å². The summed E-state index contributed by atoms with van der Waals surface area (Å²) in [5.41, 5.74) is 3.02. The first-order valence-electron chi connectivity index (χ1n) is 8.82. The first kappa shape index (κ1) is 20.5. The molecule has 0 aliphatic carbocycles. The van der Waals surface area contributed by atoms with Crippen molar-refractivity contribution in [1.29, 1.82) is 0 Å². The third kappa shape index (κ3) is 4.79. The Morgan fingerprint density at radius 3 is 2.52 bits per heavy atom. The smallest absolute Gasteiger partial charge is 0.255 e. The largest absolute Gasteiger partial charge is 0.496 e. The number of rotatable bonds is 7. The van der Waals surface area contributed by atoms with Crippen LogP contribution in [0.2, 0.25) is 0 Å². The molecule has 0 aliphatic rings. The van der Waals surface area contributed by atoms with Gasteiger partial charge in [-0.05, 0) is 35.0 Å². The molecule has 8 heteroatoms. The van der Waals surface area contributed by atoms with E-state index in [2.05, 4.69) is 10.5 Å². The molecule has 0 fully saturated rings. The molecule has 1 N–H and O–H groups in total. The van der Waals surface area contributed by atoms with Gasteiger partial charge in [0.15, 0.2) is 0 Å². The van der Waals surface area contributed by atoms with Crippen molar-refractivity contribution < 1.29 is 17.9 Å². The summed E-state index contributed by atoms with van der Waals surface area (Å²) in [5, 5.41) is 5.63. The van der Waals surface area contributed by atoms with E-state index in [0.29, 0.717) is 11.3 Å². The third-order valence-electron chi connectivity index (χ3n) is 4.33. The number of hydrazone groups is 1. The van der Waals surface area contributed by atoms with Crippen molar-refractivity contribution in [3.05, 3.63) is 72.3 Å². The number of hydrogen-bond donors (Lipinski definition) is 1. The van der Waals surface area contributed by atoms with Gasteiger partial charge in [0.25, 0.3) is 5.91 Å². The first-order chi connectivity index (χ1) is 13.9. The average Bonchev–Trinajstić information content (AvgIpc) is 2.73. The predicted molar refractivity (Wildman–Crippen MR) is 112 cm³/mol. The third-order valence-corrected chi connectivity index (χ3v) is 6.13. The van der Waals surface area contributed by atoms with Gasteiger partial charge in [-0.25, -0.2) is 13.8 Å². The Hall–Kier alpha value is -3.23. The predicted octanol–water partition coefficient (Wildman–Crippen LogP) is 2.62. The van der Waals surface area contributed by atoms with Crippen LogP contribution in [0, 0.1) is 0 Å². The van der Waals surface area contributed by atoms with Gasteiger partial charge in [0.05, 0.1) is 24.8 Å². The Balaban J connectivity index is 1.67. The van der Waals surface area contributed by atoms with E-state index < -0.39 is 15.9 Å². The van der Waals surface area contributed by atoms with E-state index in [1.54, 1.807) is 24.3 Å². The summed E-state index contributed by atoms with van der Waals surface area (Å²) < 4.78 is 31.8. The molecule has 0 aliphatic heterocycles. The number of ether oxygens (including phenoxy) is 1. The molecule has 0 bridgehead atoms. The molecule has 0 unspecified atom stereocenters. The summed E-state index contributed by atoms with van der Waals surface area (Å²) in [7, 11) is -0.918. The molecule has 29 heavy (non-hydrogen) atoms. The minimum atomic E-state index is -3.81. The number of fused-ring (bicyclic) bond motifs is 1. The Kier molecular flexibility index (Phi) is 6.26. The lowest BCUT2D eigenvalue weighted by Crippen LogP contribution is -2.36. The van der Waals surface area contributed by atoms with E-state index in [1.807, 2.05) is 36.4 Å². The fraction of sp³-hybridized carbons (Fsp3) is 0.143. The number of sulfonamides is 1. The average molecular weight is 411 g/mol. The highest BCUT2D eigenvalue weighted by atomic mass is 32.2. The van der Waals surface area contributed by atoms with Crippen LogP contribution in [-0.2, 0) is 14.8 Å². The maximum Gasteiger partial charge on any atom is 0.255 e.